The third-order valence-corrected chi connectivity index (χ3v) is 2.82. The molecule has 0 saturated heterocycles. The number of aliphatic hydroxyl groups is 1. The molecule has 1 aromatic heterocycles. The Labute approximate surface area is 118 Å². The number of nitrogens with zero attached hydrogens (tertiary/aromatic N) is 2. The van der Waals surface area contributed by atoms with E-state index in [1.807, 2.05) is 20.8 Å². The Bertz CT molecular complexity index is 438. The molecule has 1 aromatic rings. The first kappa shape index (κ1) is 15.7. The van der Waals surface area contributed by atoms with Gasteiger partial charge in [-0.1, -0.05) is 11.6 Å². The largest absolute Gasteiger partial charge is 0.395 e. The fourth-order valence-electron chi connectivity index (χ4n) is 1.76. The van der Waals surface area contributed by atoms with Crippen molar-refractivity contribution in [1.29, 1.82) is 0 Å². The molecule has 0 spiro atoms. The standard InChI is InChI=1S/C13H20ClN3O2/c1-4-15-12-8-10(7-11(14)16-12)13(19)17(5-6-18)9(2)3/h7-9,18H,4-6H2,1-3H3,(H,15,16). The van der Waals surface area contributed by atoms with Gasteiger partial charge in [0.1, 0.15) is 11.0 Å². The van der Waals surface area contributed by atoms with Gasteiger partial charge in [-0.3, -0.25) is 4.79 Å². The van der Waals surface area contributed by atoms with Gasteiger partial charge in [0.25, 0.3) is 5.91 Å². The summed E-state index contributed by atoms with van der Waals surface area (Å²) in [5.74, 6) is 0.415. The van der Waals surface area contributed by atoms with E-state index in [1.54, 1.807) is 11.0 Å². The smallest absolute Gasteiger partial charge is 0.254 e. The summed E-state index contributed by atoms with van der Waals surface area (Å²) in [5.41, 5.74) is 0.470. The van der Waals surface area contributed by atoms with Gasteiger partial charge < -0.3 is 15.3 Å². The summed E-state index contributed by atoms with van der Waals surface area (Å²) in [6, 6.07) is 3.22. The van der Waals surface area contributed by atoms with Gasteiger partial charge in [-0.2, -0.15) is 0 Å². The molecule has 0 atom stereocenters. The summed E-state index contributed by atoms with van der Waals surface area (Å²) >= 11 is 5.92. The first-order valence-electron chi connectivity index (χ1n) is 6.32. The van der Waals surface area contributed by atoms with Gasteiger partial charge in [0.2, 0.25) is 0 Å². The molecule has 2 N–H and O–H groups in total. The van der Waals surface area contributed by atoms with Crippen LogP contribution in [0.15, 0.2) is 12.1 Å². The lowest BCUT2D eigenvalue weighted by atomic mass is 10.2. The number of pyridine rings is 1. The number of nitrogens with one attached hydrogen (secondary N) is 1. The molecule has 5 nitrogen and oxygen atoms in total. The molecule has 0 aliphatic heterocycles. The molecule has 0 aromatic carbocycles. The van der Waals surface area contributed by atoms with Crippen molar-refractivity contribution in [2.24, 2.45) is 0 Å². The van der Waals surface area contributed by atoms with Gasteiger partial charge in [-0.05, 0) is 32.9 Å². The minimum atomic E-state index is -0.160. The summed E-state index contributed by atoms with van der Waals surface area (Å²) < 4.78 is 0. The minimum Gasteiger partial charge on any atom is -0.395 e. The molecule has 1 rings (SSSR count). The predicted octanol–water partition coefficient (Wildman–Crippen LogP) is 2.01. The van der Waals surface area contributed by atoms with Gasteiger partial charge in [-0.25, -0.2) is 4.98 Å². The predicted molar refractivity (Wildman–Crippen MR) is 76.7 cm³/mol. The third kappa shape index (κ3) is 4.36. The molecule has 0 unspecified atom stereocenters. The quantitative estimate of drug-likeness (QED) is 0.785. The maximum atomic E-state index is 12.4. The van der Waals surface area contributed by atoms with E-state index in [2.05, 4.69) is 10.3 Å². The van der Waals surface area contributed by atoms with Crippen molar-refractivity contribution in [3.63, 3.8) is 0 Å². The highest BCUT2D eigenvalue weighted by Gasteiger charge is 2.19. The Hall–Kier alpha value is -1.33. The Morgan fingerprint density at radius 1 is 1.53 bits per heavy atom. The van der Waals surface area contributed by atoms with Crippen molar-refractivity contribution >= 4 is 23.3 Å². The molecule has 1 amide bonds. The molecule has 6 heteroatoms. The summed E-state index contributed by atoms with van der Waals surface area (Å²) in [6.07, 6.45) is 0. The molecule has 0 aliphatic carbocycles. The zero-order valence-corrected chi connectivity index (χ0v) is 12.2. The molecular formula is C13H20ClN3O2. The number of hydrogen-bond acceptors (Lipinski definition) is 4. The topological polar surface area (TPSA) is 65.5 Å². The number of halogens is 1. The van der Waals surface area contributed by atoms with Crippen LogP contribution in [0.1, 0.15) is 31.1 Å². The summed E-state index contributed by atoms with van der Waals surface area (Å²) in [7, 11) is 0. The van der Waals surface area contributed by atoms with E-state index in [0.717, 1.165) is 0 Å². The van der Waals surface area contributed by atoms with E-state index < -0.39 is 0 Å². The zero-order valence-electron chi connectivity index (χ0n) is 11.5. The van der Waals surface area contributed by atoms with Gasteiger partial charge >= 0.3 is 0 Å². The lowest BCUT2D eigenvalue weighted by Gasteiger charge is -2.26. The summed E-state index contributed by atoms with van der Waals surface area (Å²) in [5, 5.41) is 12.3. The molecule has 0 aliphatic rings. The number of aliphatic hydroxyl groups excluding tert-OH is 1. The minimum absolute atomic E-state index is 0.00850. The second-order valence-corrected chi connectivity index (χ2v) is 4.80. The second kappa shape index (κ2) is 7.31. The third-order valence-electron chi connectivity index (χ3n) is 2.62. The Morgan fingerprint density at radius 3 is 2.74 bits per heavy atom. The summed E-state index contributed by atoms with van der Waals surface area (Å²) in [6.45, 7) is 6.68. The second-order valence-electron chi connectivity index (χ2n) is 4.41. The van der Waals surface area contributed by atoms with Crippen LogP contribution in [0, 0.1) is 0 Å². The lowest BCUT2D eigenvalue weighted by Crippen LogP contribution is -2.39. The lowest BCUT2D eigenvalue weighted by molar-refractivity contribution is 0.0665. The van der Waals surface area contributed by atoms with Crippen molar-refractivity contribution < 1.29 is 9.90 Å². The Kier molecular flexibility index (Phi) is 6.05. The van der Waals surface area contributed by atoms with Gasteiger partial charge in [-0.15, -0.1) is 0 Å². The first-order chi connectivity index (χ1) is 8.99. The maximum absolute atomic E-state index is 12.4. The highest BCUT2D eigenvalue weighted by molar-refractivity contribution is 6.29. The van der Waals surface area contributed by atoms with Crippen LogP contribution in [0.5, 0.6) is 0 Å². The van der Waals surface area contributed by atoms with Crippen LogP contribution in [-0.4, -0.2) is 46.6 Å². The van der Waals surface area contributed by atoms with E-state index >= 15 is 0 Å². The van der Waals surface area contributed by atoms with Gasteiger partial charge in [0, 0.05) is 24.7 Å². The highest BCUT2D eigenvalue weighted by Crippen LogP contribution is 2.17. The monoisotopic (exact) mass is 285 g/mol. The normalized spacial score (nSPS) is 10.6. The van der Waals surface area contributed by atoms with Crippen LogP contribution < -0.4 is 5.32 Å². The average molecular weight is 286 g/mol. The summed E-state index contributed by atoms with van der Waals surface area (Å²) in [4.78, 5) is 18.1. The number of aromatic nitrogens is 1. The molecule has 19 heavy (non-hydrogen) atoms. The van der Waals surface area contributed by atoms with Crippen molar-refractivity contribution in [1.82, 2.24) is 9.88 Å². The first-order valence-corrected chi connectivity index (χ1v) is 6.70. The van der Waals surface area contributed by atoms with E-state index in [4.69, 9.17) is 16.7 Å². The number of carbonyl (C=O) groups excluding carboxylic acids is 1. The van der Waals surface area contributed by atoms with E-state index in [1.165, 1.54) is 6.07 Å². The SMILES string of the molecule is CCNc1cc(C(=O)N(CCO)C(C)C)cc(Cl)n1. The van der Waals surface area contributed by atoms with Crippen molar-refractivity contribution in [3.05, 3.63) is 22.8 Å². The van der Waals surface area contributed by atoms with Gasteiger partial charge in [0.15, 0.2) is 0 Å². The molecule has 106 valence electrons. The van der Waals surface area contributed by atoms with Crippen LogP contribution in [0.3, 0.4) is 0 Å². The van der Waals surface area contributed by atoms with Crippen LogP contribution in [0.4, 0.5) is 5.82 Å². The molecule has 1 heterocycles. The van der Waals surface area contributed by atoms with Gasteiger partial charge in [0.05, 0.1) is 6.61 Å². The highest BCUT2D eigenvalue weighted by atomic mass is 35.5. The van der Waals surface area contributed by atoms with Crippen molar-refractivity contribution in [2.45, 2.75) is 26.8 Å². The van der Waals surface area contributed by atoms with Crippen LogP contribution in [0.2, 0.25) is 5.15 Å². The number of carbonyl (C=O) groups is 1. The molecular weight excluding hydrogens is 266 g/mol. The number of anilines is 1. The van der Waals surface area contributed by atoms with E-state index in [-0.39, 0.29) is 23.7 Å². The van der Waals surface area contributed by atoms with E-state index in [9.17, 15) is 4.79 Å². The van der Waals surface area contributed by atoms with Crippen molar-refractivity contribution in [3.8, 4) is 0 Å². The van der Waals surface area contributed by atoms with Crippen molar-refractivity contribution in [2.75, 3.05) is 25.0 Å². The molecule has 0 saturated carbocycles. The van der Waals surface area contributed by atoms with Crippen LogP contribution in [0.25, 0.3) is 0 Å². The number of rotatable bonds is 6. The molecule has 0 bridgehead atoms. The fraction of sp³-hybridized carbons (Fsp3) is 0.538. The Morgan fingerprint density at radius 2 is 2.21 bits per heavy atom. The maximum Gasteiger partial charge on any atom is 0.254 e. The average Bonchev–Trinajstić information content (AvgIpc) is 2.34. The zero-order chi connectivity index (χ0) is 14.4. The number of amides is 1. The number of hydrogen-bond donors (Lipinski definition) is 2. The van der Waals surface area contributed by atoms with Crippen LogP contribution in [-0.2, 0) is 0 Å². The fourth-order valence-corrected chi connectivity index (χ4v) is 1.97. The van der Waals surface area contributed by atoms with E-state index in [0.29, 0.717) is 24.5 Å². The molecule has 0 fully saturated rings. The molecule has 0 radical (unpaired) electrons. The Balaban J connectivity index is 3.03. The van der Waals surface area contributed by atoms with Crippen LogP contribution >= 0.6 is 11.6 Å².